The number of carbonyl (C=O) groups excluding carboxylic acids is 1. The predicted octanol–water partition coefficient (Wildman–Crippen LogP) is 0.942. The van der Waals surface area contributed by atoms with Crippen LogP contribution >= 0.6 is 11.8 Å². The van der Waals surface area contributed by atoms with Crippen LogP contribution in [0.25, 0.3) is 0 Å². The Labute approximate surface area is 85.3 Å². The maximum atomic E-state index is 11.5. The minimum atomic E-state index is -1.31. The van der Waals surface area contributed by atoms with Crippen LogP contribution in [0.2, 0.25) is 19.6 Å². The zero-order valence-electron chi connectivity index (χ0n) is 8.76. The smallest absolute Gasteiger partial charge is 0.246 e. The third kappa shape index (κ3) is 2.48. The number of amides is 1. The Bertz CT molecular complexity index is 205. The van der Waals surface area contributed by atoms with Crippen LogP contribution in [0.1, 0.15) is 0 Å². The van der Waals surface area contributed by atoms with E-state index < -0.39 is 8.24 Å². The lowest BCUT2D eigenvalue weighted by molar-refractivity contribution is -0.121. The van der Waals surface area contributed by atoms with Gasteiger partial charge in [-0.1, -0.05) is 19.6 Å². The molecule has 1 aliphatic rings. The highest BCUT2D eigenvalue weighted by Gasteiger charge is 2.38. The number of rotatable bonds is 2. The topological polar surface area (TPSA) is 32.3 Å². The van der Waals surface area contributed by atoms with Crippen LogP contribution in [0.3, 0.4) is 0 Å². The second kappa shape index (κ2) is 4.02. The van der Waals surface area contributed by atoms with E-state index in [0.717, 1.165) is 12.3 Å². The zero-order valence-corrected chi connectivity index (χ0v) is 10.6. The first kappa shape index (κ1) is 11.1. The molecule has 0 aromatic heterocycles. The van der Waals surface area contributed by atoms with Gasteiger partial charge in [-0.2, -0.15) is 0 Å². The molecule has 0 aromatic rings. The van der Waals surface area contributed by atoms with E-state index in [-0.39, 0.29) is 11.3 Å². The Morgan fingerprint density at radius 1 is 1.54 bits per heavy atom. The first-order valence-corrected chi connectivity index (χ1v) is 9.06. The van der Waals surface area contributed by atoms with E-state index in [4.69, 9.17) is 0 Å². The molecule has 1 atom stereocenters. The van der Waals surface area contributed by atoms with Crippen molar-refractivity contribution in [2.75, 3.05) is 19.3 Å². The van der Waals surface area contributed by atoms with E-state index in [1.165, 1.54) is 0 Å². The Morgan fingerprint density at radius 3 is 2.62 bits per heavy atom. The highest BCUT2D eigenvalue weighted by molar-refractivity contribution is 8.00. The Balaban J connectivity index is 2.70. The summed E-state index contributed by atoms with van der Waals surface area (Å²) in [5.41, 5.74) is 0. The molecule has 5 heteroatoms. The lowest BCUT2D eigenvalue weighted by Gasteiger charge is -2.33. The van der Waals surface area contributed by atoms with Gasteiger partial charge in [-0.15, -0.1) is 11.8 Å². The summed E-state index contributed by atoms with van der Waals surface area (Å²) < 4.78 is 2.39. The summed E-state index contributed by atoms with van der Waals surface area (Å²) in [6, 6.07) is 0. The monoisotopic (exact) mass is 218 g/mol. The highest BCUT2D eigenvalue weighted by Crippen LogP contribution is 2.28. The highest BCUT2D eigenvalue weighted by atomic mass is 32.2. The molecule has 1 amide bonds. The molecule has 1 fully saturated rings. The lowest BCUT2D eigenvalue weighted by atomic mass is 10.5. The molecule has 0 aliphatic carbocycles. The Kier molecular flexibility index (Phi) is 3.42. The SMILES string of the molecule is CNC(=O)C1SCCN1[Si](C)(C)C. The molecule has 1 N–H and O–H groups in total. The molecule has 1 aliphatic heterocycles. The van der Waals surface area contributed by atoms with Crippen molar-refractivity contribution in [1.82, 2.24) is 9.88 Å². The summed E-state index contributed by atoms with van der Waals surface area (Å²) in [5.74, 6) is 1.24. The normalized spacial score (nSPS) is 24.8. The lowest BCUT2D eigenvalue weighted by Crippen LogP contribution is -2.52. The largest absolute Gasteiger partial charge is 0.357 e. The van der Waals surface area contributed by atoms with Crippen molar-refractivity contribution < 1.29 is 4.79 Å². The third-order valence-corrected chi connectivity index (χ3v) is 5.82. The number of nitrogens with zero attached hydrogens (tertiary/aromatic N) is 1. The molecule has 1 unspecified atom stereocenters. The van der Waals surface area contributed by atoms with Gasteiger partial charge >= 0.3 is 0 Å². The number of carbonyl (C=O) groups is 1. The van der Waals surface area contributed by atoms with E-state index >= 15 is 0 Å². The molecule has 0 saturated carbocycles. The number of hydrogen-bond donors (Lipinski definition) is 1. The standard InChI is InChI=1S/C8H18N2OSSi/c1-9-7(11)8-10(5-6-12-8)13(2,3)4/h8H,5-6H2,1-4H3,(H,9,11). The van der Waals surface area contributed by atoms with Crippen LogP contribution in [-0.4, -0.2) is 43.4 Å². The minimum absolute atomic E-state index is 0.0664. The molecule has 76 valence electrons. The Morgan fingerprint density at radius 2 is 2.15 bits per heavy atom. The van der Waals surface area contributed by atoms with E-state index in [1.807, 2.05) is 0 Å². The number of nitrogens with one attached hydrogen (secondary N) is 1. The summed E-state index contributed by atoms with van der Waals surface area (Å²) in [6.07, 6.45) is 0. The van der Waals surface area contributed by atoms with Gasteiger partial charge < -0.3 is 9.88 Å². The fourth-order valence-electron chi connectivity index (χ4n) is 1.50. The van der Waals surface area contributed by atoms with Crippen molar-refractivity contribution in [1.29, 1.82) is 0 Å². The van der Waals surface area contributed by atoms with E-state index in [2.05, 4.69) is 29.5 Å². The van der Waals surface area contributed by atoms with Crippen LogP contribution in [0.4, 0.5) is 0 Å². The van der Waals surface area contributed by atoms with Gasteiger partial charge in [-0.3, -0.25) is 4.79 Å². The average molecular weight is 218 g/mol. The first-order valence-electron chi connectivity index (χ1n) is 4.57. The summed E-state index contributed by atoms with van der Waals surface area (Å²) in [6.45, 7) is 7.93. The fraction of sp³-hybridized carbons (Fsp3) is 0.875. The van der Waals surface area contributed by atoms with E-state index in [0.29, 0.717) is 0 Å². The van der Waals surface area contributed by atoms with Crippen LogP contribution in [-0.2, 0) is 4.79 Å². The molecule has 0 aromatic carbocycles. The molecule has 1 rings (SSSR count). The first-order chi connectivity index (χ1) is 5.96. The van der Waals surface area contributed by atoms with E-state index in [9.17, 15) is 4.79 Å². The summed E-state index contributed by atoms with van der Waals surface area (Å²) in [4.78, 5) is 11.5. The van der Waals surface area contributed by atoms with Crippen LogP contribution < -0.4 is 5.32 Å². The second-order valence-electron chi connectivity index (χ2n) is 4.20. The van der Waals surface area contributed by atoms with Gasteiger partial charge in [0.1, 0.15) is 13.6 Å². The van der Waals surface area contributed by atoms with Gasteiger partial charge in [0.25, 0.3) is 0 Å². The third-order valence-electron chi connectivity index (χ3n) is 2.22. The van der Waals surface area contributed by atoms with Gasteiger partial charge in [0.2, 0.25) is 5.91 Å². The van der Waals surface area contributed by atoms with Crippen molar-refractivity contribution in [2.24, 2.45) is 0 Å². The molecule has 0 bridgehead atoms. The molecule has 0 radical (unpaired) electrons. The molecule has 1 heterocycles. The van der Waals surface area contributed by atoms with E-state index in [1.54, 1.807) is 18.8 Å². The fourth-order valence-corrected chi connectivity index (χ4v) is 5.52. The summed E-state index contributed by atoms with van der Waals surface area (Å²) in [5, 5.41) is 2.80. The number of hydrogen-bond acceptors (Lipinski definition) is 3. The van der Waals surface area contributed by atoms with Gasteiger partial charge in [-0.25, -0.2) is 0 Å². The van der Waals surface area contributed by atoms with Crippen LogP contribution in [0, 0.1) is 0 Å². The molecule has 1 saturated heterocycles. The minimum Gasteiger partial charge on any atom is -0.357 e. The van der Waals surface area contributed by atoms with Crippen molar-refractivity contribution >= 4 is 25.9 Å². The van der Waals surface area contributed by atoms with Gasteiger partial charge in [0.05, 0.1) is 0 Å². The predicted molar refractivity (Wildman–Crippen MR) is 60.4 cm³/mol. The van der Waals surface area contributed by atoms with Crippen molar-refractivity contribution in [3.05, 3.63) is 0 Å². The quantitative estimate of drug-likeness (QED) is 0.700. The van der Waals surface area contributed by atoms with Gasteiger partial charge in [0, 0.05) is 19.3 Å². The summed E-state index contributed by atoms with van der Waals surface area (Å²) in [7, 11) is 0.397. The van der Waals surface area contributed by atoms with Gasteiger partial charge in [-0.05, 0) is 0 Å². The number of thioether (sulfide) groups is 1. The second-order valence-corrected chi connectivity index (χ2v) is 10.3. The van der Waals surface area contributed by atoms with Gasteiger partial charge in [0.15, 0.2) is 0 Å². The molecular weight excluding hydrogens is 200 g/mol. The zero-order chi connectivity index (χ0) is 10.1. The van der Waals surface area contributed by atoms with Crippen molar-refractivity contribution in [3.8, 4) is 0 Å². The van der Waals surface area contributed by atoms with Crippen molar-refractivity contribution in [3.63, 3.8) is 0 Å². The average Bonchev–Trinajstić information content (AvgIpc) is 2.49. The molecule has 0 spiro atoms. The maximum Gasteiger partial charge on any atom is 0.246 e. The van der Waals surface area contributed by atoms with Crippen molar-refractivity contribution in [2.45, 2.75) is 25.0 Å². The molecular formula is C8H18N2OSSi. The van der Waals surface area contributed by atoms with Crippen LogP contribution in [0.5, 0.6) is 0 Å². The Hall–Kier alpha value is -0.00312. The maximum absolute atomic E-state index is 11.5. The summed E-state index contributed by atoms with van der Waals surface area (Å²) >= 11 is 1.76. The molecule has 13 heavy (non-hydrogen) atoms. The van der Waals surface area contributed by atoms with Crippen LogP contribution in [0.15, 0.2) is 0 Å². The molecule has 3 nitrogen and oxygen atoms in total. The number of likely N-dealkylation sites (N-methyl/N-ethyl adjacent to an activating group) is 1.